The number of hydrogen-bond donors (Lipinski definition) is 0. The SMILES string of the molecule is CC(C)c1cnc([C@H](c2ccccc2)N(C)C)n(C)c1=O. The third-order valence-electron chi connectivity index (χ3n) is 3.73. The molecule has 0 spiro atoms. The summed E-state index contributed by atoms with van der Waals surface area (Å²) >= 11 is 0. The van der Waals surface area contributed by atoms with Crippen LogP contribution in [0.25, 0.3) is 0 Å². The second-order valence-corrected chi connectivity index (χ2v) is 5.87. The molecule has 0 saturated carbocycles. The lowest BCUT2D eigenvalue weighted by atomic mass is 10.0. The average molecular weight is 285 g/mol. The third kappa shape index (κ3) is 3.05. The Hall–Kier alpha value is -1.94. The first-order valence-electron chi connectivity index (χ1n) is 7.20. The van der Waals surface area contributed by atoms with Gasteiger partial charge in [-0.05, 0) is 25.6 Å². The second kappa shape index (κ2) is 6.22. The first-order chi connectivity index (χ1) is 9.93. The average Bonchev–Trinajstić information content (AvgIpc) is 2.44. The van der Waals surface area contributed by atoms with Crippen molar-refractivity contribution in [2.75, 3.05) is 14.1 Å². The van der Waals surface area contributed by atoms with Crippen LogP contribution in [0.4, 0.5) is 0 Å². The molecule has 0 bridgehead atoms. The van der Waals surface area contributed by atoms with Gasteiger partial charge in [0.15, 0.2) is 0 Å². The lowest BCUT2D eigenvalue weighted by Crippen LogP contribution is -2.32. The van der Waals surface area contributed by atoms with Crippen molar-refractivity contribution in [3.8, 4) is 0 Å². The van der Waals surface area contributed by atoms with Crippen molar-refractivity contribution in [1.29, 1.82) is 0 Å². The fourth-order valence-corrected chi connectivity index (χ4v) is 2.54. The molecule has 0 aliphatic carbocycles. The molecule has 0 saturated heterocycles. The van der Waals surface area contributed by atoms with Gasteiger partial charge >= 0.3 is 0 Å². The maximum absolute atomic E-state index is 12.5. The molecule has 1 aromatic carbocycles. The number of hydrogen-bond acceptors (Lipinski definition) is 3. The van der Waals surface area contributed by atoms with E-state index < -0.39 is 0 Å². The molecule has 0 radical (unpaired) electrons. The van der Waals surface area contributed by atoms with Gasteiger partial charge in [0, 0.05) is 18.8 Å². The minimum Gasteiger partial charge on any atom is -0.298 e. The summed E-state index contributed by atoms with van der Waals surface area (Å²) in [4.78, 5) is 19.1. The molecule has 1 atom stereocenters. The Morgan fingerprint density at radius 2 is 1.76 bits per heavy atom. The molecule has 0 aliphatic heterocycles. The van der Waals surface area contributed by atoms with Crippen molar-refractivity contribution in [3.63, 3.8) is 0 Å². The Balaban J connectivity index is 2.58. The van der Waals surface area contributed by atoms with Gasteiger partial charge in [0.25, 0.3) is 5.56 Å². The highest BCUT2D eigenvalue weighted by atomic mass is 16.1. The number of rotatable bonds is 4. The lowest BCUT2D eigenvalue weighted by Gasteiger charge is -2.26. The predicted octanol–water partition coefficient (Wildman–Crippen LogP) is 2.55. The van der Waals surface area contributed by atoms with E-state index in [4.69, 9.17) is 0 Å². The quantitative estimate of drug-likeness (QED) is 0.866. The van der Waals surface area contributed by atoms with E-state index in [9.17, 15) is 4.79 Å². The first kappa shape index (κ1) is 15.4. The largest absolute Gasteiger partial charge is 0.298 e. The monoisotopic (exact) mass is 285 g/mol. The van der Waals surface area contributed by atoms with Gasteiger partial charge < -0.3 is 0 Å². The van der Waals surface area contributed by atoms with Gasteiger partial charge in [-0.1, -0.05) is 44.2 Å². The highest BCUT2D eigenvalue weighted by Crippen LogP contribution is 2.24. The van der Waals surface area contributed by atoms with E-state index in [1.54, 1.807) is 17.8 Å². The molecule has 2 aromatic rings. The van der Waals surface area contributed by atoms with Crippen molar-refractivity contribution < 1.29 is 0 Å². The normalized spacial score (nSPS) is 12.9. The highest BCUT2D eigenvalue weighted by molar-refractivity contribution is 5.26. The van der Waals surface area contributed by atoms with Crippen LogP contribution in [0.2, 0.25) is 0 Å². The molecule has 4 nitrogen and oxygen atoms in total. The number of nitrogens with zero attached hydrogens (tertiary/aromatic N) is 3. The van der Waals surface area contributed by atoms with Crippen molar-refractivity contribution in [2.45, 2.75) is 25.8 Å². The minimum absolute atomic E-state index is 0.0369. The Labute approximate surface area is 126 Å². The van der Waals surface area contributed by atoms with Crippen LogP contribution in [-0.2, 0) is 7.05 Å². The molecule has 112 valence electrons. The zero-order chi connectivity index (χ0) is 15.6. The van der Waals surface area contributed by atoms with Crippen molar-refractivity contribution >= 4 is 0 Å². The van der Waals surface area contributed by atoms with Crippen LogP contribution in [0.15, 0.2) is 41.3 Å². The van der Waals surface area contributed by atoms with Crippen LogP contribution < -0.4 is 5.56 Å². The first-order valence-corrected chi connectivity index (χ1v) is 7.20. The molecule has 0 N–H and O–H groups in total. The molecular formula is C17H23N3O. The Morgan fingerprint density at radius 3 is 2.29 bits per heavy atom. The van der Waals surface area contributed by atoms with E-state index in [2.05, 4.69) is 22.0 Å². The molecule has 21 heavy (non-hydrogen) atoms. The Kier molecular flexibility index (Phi) is 4.58. The Morgan fingerprint density at radius 1 is 1.14 bits per heavy atom. The standard InChI is InChI=1S/C17H23N3O/c1-12(2)14-11-18-16(20(5)17(14)21)15(19(3)4)13-9-7-6-8-10-13/h6-12,15H,1-5H3/t15-/m0/s1. The summed E-state index contributed by atoms with van der Waals surface area (Å²) in [5.41, 5.74) is 1.92. The van der Waals surface area contributed by atoms with Crippen LogP contribution in [0.3, 0.4) is 0 Å². The topological polar surface area (TPSA) is 38.1 Å². The van der Waals surface area contributed by atoms with E-state index >= 15 is 0 Å². The van der Waals surface area contributed by atoms with E-state index in [0.717, 1.165) is 17.0 Å². The van der Waals surface area contributed by atoms with Gasteiger partial charge in [-0.15, -0.1) is 0 Å². The van der Waals surface area contributed by atoms with E-state index in [1.165, 1.54) is 0 Å². The molecule has 0 unspecified atom stereocenters. The van der Waals surface area contributed by atoms with Gasteiger partial charge in [-0.25, -0.2) is 4.98 Å². The summed E-state index contributed by atoms with van der Waals surface area (Å²) in [6.07, 6.45) is 1.72. The van der Waals surface area contributed by atoms with Crippen molar-refractivity contribution in [2.24, 2.45) is 7.05 Å². The van der Waals surface area contributed by atoms with Crippen molar-refractivity contribution in [3.05, 3.63) is 63.8 Å². The van der Waals surface area contributed by atoms with Crippen LogP contribution in [0.1, 0.15) is 42.8 Å². The minimum atomic E-state index is -0.0369. The van der Waals surface area contributed by atoms with Gasteiger partial charge in [0.05, 0.1) is 6.04 Å². The van der Waals surface area contributed by atoms with Gasteiger partial charge in [-0.2, -0.15) is 0 Å². The molecule has 2 rings (SSSR count). The summed E-state index contributed by atoms with van der Waals surface area (Å²) < 4.78 is 1.67. The number of benzene rings is 1. The van der Waals surface area contributed by atoms with Crippen LogP contribution in [0, 0.1) is 0 Å². The summed E-state index contributed by atoms with van der Waals surface area (Å²) in [6, 6.07) is 10.1. The van der Waals surface area contributed by atoms with Crippen LogP contribution in [-0.4, -0.2) is 28.5 Å². The fourth-order valence-electron chi connectivity index (χ4n) is 2.54. The summed E-state index contributed by atoms with van der Waals surface area (Å²) in [7, 11) is 5.80. The van der Waals surface area contributed by atoms with Gasteiger partial charge in [0.1, 0.15) is 5.82 Å². The van der Waals surface area contributed by atoms with Crippen LogP contribution in [0.5, 0.6) is 0 Å². The molecule has 0 amide bonds. The number of aromatic nitrogens is 2. The third-order valence-corrected chi connectivity index (χ3v) is 3.73. The van der Waals surface area contributed by atoms with Gasteiger partial charge in [-0.3, -0.25) is 14.3 Å². The maximum Gasteiger partial charge on any atom is 0.256 e. The molecule has 0 aliphatic rings. The van der Waals surface area contributed by atoms with Crippen molar-refractivity contribution in [1.82, 2.24) is 14.5 Å². The van der Waals surface area contributed by atoms with E-state index in [0.29, 0.717) is 0 Å². The maximum atomic E-state index is 12.5. The highest BCUT2D eigenvalue weighted by Gasteiger charge is 2.22. The second-order valence-electron chi connectivity index (χ2n) is 5.87. The van der Waals surface area contributed by atoms with E-state index in [-0.39, 0.29) is 17.5 Å². The fraction of sp³-hybridized carbons (Fsp3) is 0.412. The zero-order valence-corrected chi connectivity index (χ0v) is 13.4. The van der Waals surface area contributed by atoms with Gasteiger partial charge in [0.2, 0.25) is 0 Å². The smallest absolute Gasteiger partial charge is 0.256 e. The van der Waals surface area contributed by atoms with E-state index in [1.807, 2.05) is 46.1 Å². The summed E-state index contributed by atoms with van der Waals surface area (Å²) in [5.74, 6) is 0.945. The summed E-state index contributed by atoms with van der Waals surface area (Å²) in [5, 5.41) is 0. The molecule has 1 heterocycles. The lowest BCUT2D eigenvalue weighted by molar-refractivity contribution is 0.320. The van der Waals surface area contributed by atoms with Crippen LogP contribution >= 0.6 is 0 Å². The molecule has 1 aromatic heterocycles. The Bertz CT molecular complexity index is 659. The summed E-state index contributed by atoms with van der Waals surface area (Å²) in [6.45, 7) is 4.03. The molecule has 0 fully saturated rings. The molecular weight excluding hydrogens is 262 g/mol. The molecule has 4 heteroatoms. The predicted molar refractivity (Wildman–Crippen MR) is 85.5 cm³/mol. The zero-order valence-electron chi connectivity index (χ0n) is 13.4.